The van der Waals surface area contributed by atoms with Gasteiger partial charge in [0.25, 0.3) is 5.91 Å². The summed E-state index contributed by atoms with van der Waals surface area (Å²) in [6.45, 7) is 6.15. The minimum Gasteiger partial charge on any atom is -0.329 e. The summed E-state index contributed by atoms with van der Waals surface area (Å²) in [6.07, 6.45) is 2.67. The number of hydrogen-bond donors (Lipinski definition) is 1. The van der Waals surface area contributed by atoms with E-state index in [2.05, 4.69) is 11.9 Å². The van der Waals surface area contributed by atoms with E-state index >= 15 is 0 Å². The Hall–Kier alpha value is -2.92. The van der Waals surface area contributed by atoms with Crippen LogP contribution in [-0.4, -0.2) is 28.5 Å². The van der Waals surface area contributed by atoms with Crippen molar-refractivity contribution < 1.29 is 14.4 Å². The number of piperidine rings is 1. The average Bonchev–Trinajstić information content (AvgIpc) is 3.05. The highest BCUT2D eigenvalue weighted by molar-refractivity contribution is 6.31. The summed E-state index contributed by atoms with van der Waals surface area (Å²) in [5, 5.41) is 3.43. The van der Waals surface area contributed by atoms with Crippen LogP contribution in [0.15, 0.2) is 48.7 Å². The number of nitrogens with one attached hydrogen (secondary N) is 1. The van der Waals surface area contributed by atoms with Crippen molar-refractivity contribution in [2.24, 2.45) is 0 Å². The molecule has 1 fully saturated rings. The third-order valence-corrected chi connectivity index (χ3v) is 6.44. The summed E-state index contributed by atoms with van der Waals surface area (Å²) < 4.78 is 0. The van der Waals surface area contributed by atoms with E-state index in [0.717, 1.165) is 22.3 Å². The molecule has 1 N–H and O–H groups in total. The van der Waals surface area contributed by atoms with Crippen LogP contribution >= 0.6 is 11.6 Å². The molecule has 0 radical (unpaired) electrons. The molecule has 1 unspecified atom stereocenters. The Morgan fingerprint density at radius 2 is 1.97 bits per heavy atom. The van der Waals surface area contributed by atoms with Gasteiger partial charge in [0.2, 0.25) is 5.91 Å². The topological polar surface area (TPSA) is 66.5 Å². The average molecular weight is 437 g/mol. The van der Waals surface area contributed by atoms with E-state index in [1.165, 1.54) is 0 Å². The van der Waals surface area contributed by atoms with Gasteiger partial charge in [-0.15, -0.1) is 0 Å². The Morgan fingerprint density at radius 3 is 2.71 bits per heavy atom. The van der Waals surface area contributed by atoms with Gasteiger partial charge in [-0.25, -0.2) is 0 Å². The molecule has 0 saturated carbocycles. The maximum atomic E-state index is 12.8. The fourth-order valence-corrected chi connectivity index (χ4v) is 4.41. The van der Waals surface area contributed by atoms with Crippen LogP contribution < -0.4 is 5.32 Å². The lowest BCUT2D eigenvalue weighted by Gasteiger charge is -2.30. The van der Waals surface area contributed by atoms with Crippen molar-refractivity contribution in [3.63, 3.8) is 0 Å². The zero-order chi connectivity index (χ0) is 22.1. The number of carbonyl (C=O) groups excluding carboxylic acids is 3. The highest BCUT2D eigenvalue weighted by Crippen LogP contribution is 2.29. The number of ketones is 1. The maximum Gasteiger partial charge on any atom is 0.255 e. The quantitative estimate of drug-likeness (QED) is 0.740. The maximum absolute atomic E-state index is 12.8. The Kier molecular flexibility index (Phi) is 5.96. The van der Waals surface area contributed by atoms with Gasteiger partial charge in [0.05, 0.1) is 0 Å². The third-order valence-electron chi connectivity index (χ3n) is 6.03. The number of amides is 2. The summed E-state index contributed by atoms with van der Waals surface area (Å²) >= 11 is 6.15. The summed E-state index contributed by atoms with van der Waals surface area (Å²) in [6, 6.07) is 11.0. The van der Waals surface area contributed by atoms with Gasteiger partial charge in [-0.2, -0.15) is 0 Å². The fourth-order valence-electron chi connectivity index (χ4n) is 4.21. The highest BCUT2D eigenvalue weighted by Gasteiger charge is 2.38. The monoisotopic (exact) mass is 436 g/mol. The molecule has 2 aromatic rings. The Bertz CT molecular complexity index is 1090. The molecule has 0 bridgehead atoms. The molecule has 2 aliphatic heterocycles. The van der Waals surface area contributed by atoms with Gasteiger partial charge in [-0.05, 0) is 60.6 Å². The SMILES string of the molecule is C=C1CCC(N2Cc3cc(CCC(=O)Cc4ccc(C)c(Cl)c4)ccc3C2=O)C(=O)N1. The number of aryl methyl sites for hydroxylation is 2. The summed E-state index contributed by atoms with van der Waals surface area (Å²) in [5.74, 6) is -0.127. The molecule has 2 aromatic carbocycles. The molecular formula is C25H25ClN2O3. The lowest BCUT2D eigenvalue weighted by Crippen LogP contribution is -2.49. The van der Waals surface area contributed by atoms with Crippen molar-refractivity contribution in [3.05, 3.63) is 81.5 Å². The molecule has 0 aliphatic carbocycles. The number of allylic oxidation sites excluding steroid dienone is 1. The predicted octanol–water partition coefficient (Wildman–Crippen LogP) is 4.14. The molecule has 1 atom stereocenters. The smallest absolute Gasteiger partial charge is 0.255 e. The van der Waals surface area contributed by atoms with Gasteiger partial charge in [-0.1, -0.05) is 42.4 Å². The van der Waals surface area contributed by atoms with Gasteiger partial charge in [0, 0.05) is 35.7 Å². The lowest BCUT2D eigenvalue weighted by atomic mass is 9.99. The Balaban J connectivity index is 1.38. The van der Waals surface area contributed by atoms with E-state index in [1.807, 2.05) is 43.3 Å². The summed E-state index contributed by atoms with van der Waals surface area (Å²) in [5.41, 5.74) is 5.19. The first-order chi connectivity index (χ1) is 14.8. The van der Waals surface area contributed by atoms with Crippen LogP contribution in [0.1, 0.15) is 51.9 Å². The highest BCUT2D eigenvalue weighted by atomic mass is 35.5. The second kappa shape index (κ2) is 8.67. The molecule has 2 aliphatic rings. The minimum atomic E-state index is -0.461. The molecule has 6 heteroatoms. The van der Waals surface area contributed by atoms with Crippen molar-refractivity contribution in [1.29, 1.82) is 0 Å². The number of hydrogen-bond acceptors (Lipinski definition) is 3. The van der Waals surface area contributed by atoms with E-state index in [0.29, 0.717) is 54.9 Å². The van der Waals surface area contributed by atoms with Gasteiger partial charge >= 0.3 is 0 Å². The summed E-state index contributed by atoms with van der Waals surface area (Å²) in [4.78, 5) is 39.2. The number of carbonyl (C=O) groups is 3. The largest absolute Gasteiger partial charge is 0.329 e. The lowest BCUT2D eigenvalue weighted by molar-refractivity contribution is -0.126. The zero-order valence-corrected chi connectivity index (χ0v) is 18.3. The van der Waals surface area contributed by atoms with Crippen LogP contribution in [0.25, 0.3) is 0 Å². The van der Waals surface area contributed by atoms with Crippen LogP contribution in [0.3, 0.4) is 0 Å². The number of benzene rings is 2. The van der Waals surface area contributed by atoms with Crippen LogP contribution in [0, 0.1) is 6.92 Å². The summed E-state index contributed by atoms with van der Waals surface area (Å²) in [7, 11) is 0. The second-order valence-corrected chi connectivity index (χ2v) is 8.78. The van der Waals surface area contributed by atoms with E-state index in [9.17, 15) is 14.4 Å². The zero-order valence-electron chi connectivity index (χ0n) is 17.5. The normalized spacial score (nSPS) is 18.2. The number of halogens is 1. The number of nitrogens with zero attached hydrogens (tertiary/aromatic N) is 1. The van der Waals surface area contributed by atoms with Crippen LogP contribution in [0.2, 0.25) is 5.02 Å². The molecule has 2 amide bonds. The van der Waals surface area contributed by atoms with Gasteiger partial charge < -0.3 is 10.2 Å². The van der Waals surface area contributed by atoms with E-state index < -0.39 is 6.04 Å². The van der Waals surface area contributed by atoms with Crippen LogP contribution in [0.4, 0.5) is 0 Å². The molecule has 0 aromatic heterocycles. The van der Waals surface area contributed by atoms with Crippen molar-refractivity contribution in [1.82, 2.24) is 10.2 Å². The number of rotatable bonds is 6. The van der Waals surface area contributed by atoms with Crippen molar-refractivity contribution in [3.8, 4) is 0 Å². The number of Topliss-reactive ketones (excluding diaryl/α,β-unsaturated/α-hetero) is 1. The molecule has 4 rings (SSSR count). The first kappa shape index (κ1) is 21.3. The van der Waals surface area contributed by atoms with E-state index in [4.69, 9.17) is 11.6 Å². The molecule has 160 valence electrons. The second-order valence-electron chi connectivity index (χ2n) is 8.37. The molecule has 31 heavy (non-hydrogen) atoms. The molecular weight excluding hydrogens is 412 g/mol. The van der Waals surface area contributed by atoms with Crippen LogP contribution in [-0.2, 0) is 29.0 Å². The predicted molar refractivity (Wildman–Crippen MR) is 120 cm³/mol. The Labute approximate surface area is 187 Å². The van der Waals surface area contributed by atoms with Crippen molar-refractivity contribution >= 4 is 29.2 Å². The van der Waals surface area contributed by atoms with E-state index in [1.54, 1.807) is 4.90 Å². The molecule has 5 nitrogen and oxygen atoms in total. The number of fused-ring (bicyclic) bond motifs is 1. The Morgan fingerprint density at radius 1 is 1.19 bits per heavy atom. The first-order valence-corrected chi connectivity index (χ1v) is 10.9. The van der Waals surface area contributed by atoms with Gasteiger partial charge in [0.15, 0.2) is 0 Å². The molecule has 2 heterocycles. The van der Waals surface area contributed by atoms with E-state index in [-0.39, 0.29) is 17.6 Å². The van der Waals surface area contributed by atoms with Gasteiger partial charge in [0.1, 0.15) is 11.8 Å². The minimum absolute atomic E-state index is 0.110. The molecule has 0 spiro atoms. The van der Waals surface area contributed by atoms with Crippen molar-refractivity contribution in [2.75, 3.05) is 0 Å². The molecule has 1 saturated heterocycles. The standard InChI is InChI=1S/C25H25ClN2O3/c1-15-3-5-18(13-22(15)26)12-20(29)8-6-17-7-9-21-19(11-17)14-28(25(21)31)23-10-4-16(2)27-24(23)30/h3,5,7,9,11,13,23H,2,4,6,8,10,12,14H2,1H3,(H,27,30). The fraction of sp³-hybridized carbons (Fsp3) is 0.320. The van der Waals surface area contributed by atoms with Crippen molar-refractivity contribution in [2.45, 2.75) is 51.6 Å². The van der Waals surface area contributed by atoms with Gasteiger partial charge in [-0.3, -0.25) is 14.4 Å². The third kappa shape index (κ3) is 4.57. The van der Waals surface area contributed by atoms with Crippen LogP contribution in [0.5, 0.6) is 0 Å². The first-order valence-electron chi connectivity index (χ1n) is 10.5.